The standard InChI is InChI=1S/C15H17FO/c1-2-3-4-5-12-8-13-9-14(16)7-6-11(13)10-15(12)17/h6-10,17H,2-5H2,1H3. The van der Waals surface area contributed by atoms with E-state index < -0.39 is 0 Å². The van der Waals surface area contributed by atoms with Crippen molar-refractivity contribution in [2.75, 3.05) is 0 Å². The first kappa shape index (κ1) is 11.9. The Morgan fingerprint density at radius 2 is 1.88 bits per heavy atom. The van der Waals surface area contributed by atoms with E-state index in [4.69, 9.17) is 0 Å². The van der Waals surface area contributed by atoms with Crippen molar-refractivity contribution in [1.29, 1.82) is 0 Å². The van der Waals surface area contributed by atoms with E-state index in [0.717, 1.165) is 42.0 Å². The van der Waals surface area contributed by atoms with Crippen LogP contribution in [-0.2, 0) is 6.42 Å². The number of fused-ring (bicyclic) bond motifs is 1. The van der Waals surface area contributed by atoms with Crippen molar-refractivity contribution in [2.45, 2.75) is 32.6 Å². The lowest BCUT2D eigenvalue weighted by Gasteiger charge is -2.07. The Morgan fingerprint density at radius 1 is 1.06 bits per heavy atom. The number of hydrogen-bond donors (Lipinski definition) is 1. The van der Waals surface area contributed by atoms with Gasteiger partial charge in [-0.1, -0.05) is 25.8 Å². The van der Waals surface area contributed by atoms with E-state index in [1.54, 1.807) is 12.1 Å². The summed E-state index contributed by atoms with van der Waals surface area (Å²) in [5.41, 5.74) is 0.913. The zero-order valence-corrected chi connectivity index (χ0v) is 10.0. The Bertz CT molecular complexity index is 520. The van der Waals surface area contributed by atoms with Gasteiger partial charge >= 0.3 is 0 Å². The molecule has 1 nitrogen and oxygen atoms in total. The minimum atomic E-state index is -0.234. The zero-order valence-electron chi connectivity index (χ0n) is 10.0. The van der Waals surface area contributed by atoms with Gasteiger partial charge in [-0.05, 0) is 53.4 Å². The lowest BCUT2D eigenvalue weighted by Crippen LogP contribution is -1.88. The molecule has 0 unspecified atom stereocenters. The number of unbranched alkanes of at least 4 members (excludes halogenated alkanes) is 2. The third kappa shape index (κ3) is 2.76. The van der Waals surface area contributed by atoms with Crippen LogP contribution in [0, 0.1) is 5.82 Å². The van der Waals surface area contributed by atoms with Crippen LogP contribution in [0.5, 0.6) is 5.75 Å². The zero-order chi connectivity index (χ0) is 12.3. The quantitative estimate of drug-likeness (QED) is 0.774. The number of phenols is 1. The van der Waals surface area contributed by atoms with Gasteiger partial charge in [0.15, 0.2) is 0 Å². The molecule has 2 aromatic rings. The molecule has 1 N–H and O–H groups in total. The van der Waals surface area contributed by atoms with Gasteiger partial charge in [0.05, 0.1) is 0 Å². The molecule has 0 aliphatic heterocycles. The molecular formula is C15H17FO. The van der Waals surface area contributed by atoms with E-state index in [9.17, 15) is 9.50 Å². The molecule has 2 aromatic carbocycles. The summed E-state index contributed by atoms with van der Waals surface area (Å²) in [6, 6.07) is 8.23. The van der Waals surface area contributed by atoms with Crippen molar-refractivity contribution in [3.05, 3.63) is 41.7 Å². The molecule has 0 aliphatic rings. The van der Waals surface area contributed by atoms with Gasteiger partial charge in [0, 0.05) is 0 Å². The molecular weight excluding hydrogens is 215 g/mol. The Labute approximate surface area is 101 Å². The molecule has 0 amide bonds. The minimum Gasteiger partial charge on any atom is -0.508 e. The van der Waals surface area contributed by atoms with Gasteiger partial charge in [-0.2, -0.15) is 0 Å². The van der Waals surface area contributed by atoms with Crippen LogP contribution >= 0.6 is 0 Å². The lowest BCUT2D eigenvalue weighted by molar-refractivity contribution is 0.467. The van der Waals surface area contributed by atoms with Crippen LogP contribution in [0.1, 0.15) is 31.7 Å². The van der Waals surface area contributed by atoms with Gasteiger partial charge in [-0.3, -0.25) is 0 Å². The first-order chi connectivity index (χ1) is 8.20. The van der Waals surface area contributed by atoms with Crippen molar-refractivity contribution in [3.63, 3.8) is 0 Å². The van der Waals surface area contributed by atoms with Crippen molar-refractivity contribution in [1.82, 2.24) is 0 Å². The van der Waals surface area contributed by atoms with Crippen molar-refractivity contribution >= 4 is 10.8 Å². The Kier molecular flexibility index (Phi) is 3.62. The predicted octanol–water partition coefficient (Wildman–Crippen LogP) is 4.42. The number of rotatable bonds is 4. The van der Waals surface area contributed by atoms with E-state index in [-0.39, 0.29) is 5.82 Å². The van der Waals surface area contributed by atoms with Crippen LogP contribution in [-0.4, -0.2) is 5.11 Å². The van der Waals surface area contributed by atoms with Crippen molar-refractivity contribution in [3.8, 4) is 5.75 Å². The Morgan fingerprint density at radius 3 is 2.65 bits per heavy atom. The second-order valence-electron chi connectivity index (χ2n) is 4.43. The van der Waals surface area contributed by atoms with Crippen LogP contribution in [0.2, 0.25) is 0 Å². The third-order valence-corrected chi connectivity index (χ3v) is 3.05. The summed E-state index contributed by atoms with van der Waals surface area (Å²) in [6.07, 6.45) is 4.22. The highest BCUT2D eigenvalue weighted by Gasteiger charge is 2.04. The summed E-state index contributed by atoms with van der Waals surface area (Å²) < 4.78 is 13.1. The molecule has 0 aliphatic carbocycles. The van der Waals surface area contributed by atoms with Gasteiger partial charge in [0.1, 0.15) is 11.6 Å². The molecule has 17 heavy (non-hydrogen) atoms. The van der Waals surface area contributed by atoms with Crippen LogP contribution in [0.25, 0.3) is 10.8 Å². The van der Waals surface area contributed by atoms with Crippen LogP contribution in [0.15, 0.2) is 30.3 Å². The fraction of sp³-hybridized carbons (Fsp3) is 0.333. The summed E-state index contributed by atoms with van der Waals surface area (Å²) in [5.74, 6) is 0.0860. The van der Waals surface area contributed by atoms with Crippen LogP contribution in [0.3, 0.4) is 0 Å². The van der Waals surface area contributed by atoms with E-state index >= 15 is 0 Å². The molecule has 0 bridgehead atoms. The molecule has 0 fully saturated rings. The topological polar surface area (TPSA) is 20.2 Å². The summed E-state index contributed by atoms with van der Waals surface area (Å²) in [7, 11) is 0. The van der Waals surface area contributed by atoms with Gasteiger partial charge in [-0.25, -0.2) is 4.39 Å². The monoisotopic (exact) mass is 232 g/mol. The van der Waals surface area contributed by atoms with E-state index in [2.05, 4.69) is 6.92 Å². The highest BCUT2D eigenvalue weighted by atomic mass is 19.1. The SMILES string of the molecule is CCCCCc1cc2cc(F)ccc2cc1O. The van der Waals surface area contributed by atoms with Crippen LogP contribution < -0.4 is 0 Å². The van der Waals surface area contributed by atoms with Gasteiger partial charge in [0.2, 0.25) is 0 Å². The molecule has 90 valence electrons. The smallest absolute Gasteiger partial charge is 0.123 e. The molecule has 0 heterocycles. The molecule has 0 radical (unpaired) electrons. The number of halogens is 1. The largest absolute Gasteiger partial charge is 0.508 e. The van der Waals surface area contributed by atoms with Crippen LogP contribution in [0.4, 0.5) is 4.39 Å². The fourth-order valence-corrected chi connectivity index (χ4v) is 2.07. The average molecular weight is 232 g/mol. The molecule has 0 atom stereocenters. The number of aromatic hydroxyl groups is 1. The van der Waals surface area contributed by atoms with E-state index in [1.165, 1.54) is 12.1 Å². The van der Waals surface area contributed by atoms with Gasteiger partial charge in [0.25, 0.3) is 0 Å². The highest BCUT2D eigenvalue weighted by Crippen LogP contribution is 2.27. The van der Waals surface area contributed by atoms with Crippen molar-refractivity contribution in [2.24, 2.45) is 0 Å². The lowest BCUT2D eigenvalue weighted by atomic mass is 10.0. The number of aryl methyl sites for hydroxylation is 1. The predicted molar refractivity (Wildman–Crippen MR) is 68.8 cm³/mol. The Hall–Kier alpha value is -1.57. The van der Waals surface area contributed by atoms with E-state index in [0.29, 0.717) is 5.75 Å². The fourth-order valence-electron chi connectivity index (χ4n) is 2.07. The maximum absolute atomic E-state index is 13.1. The second kappa shape index (κ2) is 5.17. The molecule has 0 aromatic heterocycles. The summed E-state index contributed by atoms with van der Waals surface area (Å²) >= 11 is 0. The molecule has 2 rings (SSSR count). The van der Waals surface area contributed by atoms with Gasteiger partial charge in [-0.15, -0.1) is 0 Å². The second-order valence-corrected chi connectivity index (χ2v) is 4.43. The van der Waals surface area contributed by atoms with Gasteiger partial charge < -0.3 is 5.11 Å². The first-order valence-corrected chi connectivity index (χ1v) is 6.12. The maximum atomic E-state index is 13.1. The first-order valence-electron chi connectivity index (χ1n) is 6.12. The summed E-state index contributed by atoms with van der Waals surface area (Å²) in [5, 5.41) is 11.6. The number of benzene rings is 2. The molecule has 2 heteroatoms. The van der Waals surface area contributed by atoms with E-state index in [1.807, 2.05) is 6.07 Å². The maximum Gasteiger partial charge on any atom is 0.123 e. The minimum absolute atomic E-state index is 0.234. The number of phenolic OH excluding ortho intramolecular Hbond substituents is 1. The average Bonchev–Trinajstić information content (AvgIpc) is 2.31. The Balaban J connectivity index is 2.32. The highest BCUT2D eigenvalue weighted by molar-refractivity contribution is 5.85. The third-order valence-electron chi connectivity index (χ3n) is 3.05. The van der Waals surface area contributed by atoms with Crippen molar-refractivity contribution < 1.29 is 9.50 Å². The number of hydrogen-bond acceptors (Lipinski definition) is 1. The summed E-state index contributed by atoms with van der Waals surface area (Å²) in [6.45, 7) is 2.15. The molecule has 0 spiro atoms. The normalized spacial score (nSPS) is 10.9. The summed E-state index contributed by atoms with van der Waals surface area (Å²) in [4.78, 5) is 0. The molecule has 0 saturated heterocycles. The molecule has 0 saturated carbocycles.